The first kappa shape index (κ1) is 28.2. The summed E-state index contributed by atoms with van der Waals surface area (Å²) in [5.74, 6) is 5.30. The van der Waals surface area contributed by atoms with Crippen LogP contribution < -0.4 is 26.9 Å². The second-order valence-corrected chi connectivity index (χ2v) is 11.2. The number of rotatable bonds is 7. The lowest BCUT2D eigenvalue weighted by molar-refractivity contribution is -0.147. The summed E-state index contributed by atoms with van der Waals surface area (Å²) in [5.41, 5.74) is 11.9. The molecule has 0 spiro atoms. The molecule has 2 heterocycles. The predicted molar refractivity (Wildman–Crippen MR) is 154 cm³/mol. The largest absolute Gasteiger partial charge is 0.488 e. The minimum atomic E-state index is -1.12. The quantitative estimate of drug-likeness (QED) is 0.204. The fourth-order valence-corrected chi connectivity index (χ4v) is 5.50. The summed E-state index contributed by atoms with van der Waals surface area (Å²) in [4.78, 5) is 29.7. The number of pyridine rings is 1. The van der Waals surface area contributed by atoms with Gasteiger partial charge in [-0.1, -0.05) is 24.3 Å². The molecule has 0 saturated carbocycles. The van der Waals surface area contributed by atoms with Gasteiger partial charge in [-0.3, -0.25) is 14.5 Å². The zero-order chi connectivity index (χ0) is 28.6. The topological polar surface area (TPSA) is 138 Å². The smallest absolute Gasteiger partial charge is 0.310 e. The molecule has 9 heteroatoms. The van der Waals surface area contributed by atoms with Crippen molar-refractivity contribution in [3.05, 3.63) is 86.3 Å². The molecule has 0 aliphatic carbocycles. The molecule has 3 aromatic rings. The maximum absolute atomic E-state index is 12.6. The molecule has 208 valence electrons. The number of H-pyrrole nitrogens is 1. The van der Waals surface area contributed by atoms with Crippen molar-refractivity contribution in [3.8, 4) is 5.75 Å². The summed E-state index contributed by atoms with van der Waals surface area (Å²) in [5, 5.41) is 11.8. The van der Waals surface area contributed by atoms with Gasteiger partial charge in [0, 0.05) is 38.7 Å². The summed E-state index contributed by atoms with van der Waals surface area (Å²) < 4.78 is 6.05. The van der Waals surface area contributed by atoms with Crippen LogP contribution in [0.1, 0.15) is 60.2 Å². The molecule has 1 aromatic heterocycles. The van der Waals surface area contributed by atoms with Gasteiger partial charge in [-0.25, -0.2) is 5.84 Å². The maximum Gasteiger partial charge on any atom is 0.310 e. The van der Waals surface area contributed by atoms with E-state index in [1.165, 1.54) is 11.1 Å². The summed E-state index contributed by atoms with van der Waals surface area (Å²) >= 11 is 0. The molecule has 4 rings (SSSR count). The summed E-state index contributed by atoms with van der Waals surface area (Å²) in [7, 11) is 1.72. The molecule has 9 nitrogen and oxygen atoms in total. The van der Waals surface area contributed by atoms with Crippen LogP contribution in [0, 0.1) is 19.3 Å². The summed E-state index contributed by atoms with van der Waals surface area (Å²) in [6.07, 6.45) is -0.0656. The van der Waals surface area contributed by atoms with Crippen LogP contribution in [-0.2, 0) is 17.9 Å². The summed E-state index contributed by atoms with van der Waals surface area (Å²) in [6, 6.07) is 13.1. The number of nitrogen functional groups attached to an aromatic ring is 1. The minimum Gasteiger partial charge on any atom is -0.488 e. The van der Waals surface area contributed by atoms with Crippen LogP contribution in [0.3, 0.4) is 0 Å². The normalized spacial score (nSPS) is 16.6. The van der Waals surface area contributed by atoms with Gasteiger partial charge in [0.2, 0.25) is 5.56 Å². The van der Waals surface area contributed by atoms with Crippen LogP contribution in [-0.4, -0.2) is 40.7 Å². The fourth-order valence-electron chi connectivity index (χ4n) is 5.50. The van der Waals surface area contributed by atoms with Gasteiger partial charge in [0.1, 0.15) is 11.9 Å². The molecule has 1 aliphatic heterocycles. The molecule has 2 aromatic carbocycles. The number of carboxylic acid groups (broad SMARTS) is 1. The van der Waals surface area contributed by atoms with E-state index < -0.39 is 17.3 Å². The van der Waals surface area contributed by atoms with Crippen molar-refractivity contribution in [3.63, 3.8) is 0 Å². The van der Waals surface area contributed by atoms with Crippen molar-refractivity contribution in [1.29, 1.82) is 0 Å². The van der Waals surface area contributed by atoms with E-state index in [1.807, 2.05) is 38.1 Å². The van der Waals surface area contributed by atoms with Gasteiger partial charge < -0.3 is 25.6 Å². The van der Waals surface area contributed by atoms with Gasteiger partial charge in [-0.15, -0.1) is 0 Å². The Hall–Kier alpha value is -3.82. The number of nitrogens with two attached hydrogens (primary N) is 2. The molecular formula is C30H39N5O4. The number of benzene rings is 2. The number of fused-ring (bicyclic) bond motifs is 1. The lowest BCUT2D eigenvalue weighted by atomic mass is 9.69. The SMILES string of the molecule is Cc1ccc(C(c2ccc(N(C)N)c(N)c2C)C(C)(C)C(=O)O)cc1CN1Cc2[nH]c(=O)ccc2OC(C)C1. The van der Waals surface area contributed by atoms with E-state index in [2.05, 4.69) is 22.9 Å². The molecule has 0 amide bonds. The summed E-state index contributed by atoms with van der Waals surface area (Å²) in [6.45, 7) is 11.3. The molecule has 2 atom stereocenters. The number of hydrogen-bond acceptors (Lipinski definition) is 7. The van der Waals surface area contributed by atoms with Crippen molar-refractivity contribution >= 4 is 17.3 Å². The average Bonchev–Trinajstić information content (AvgIpc) is 3.00. The van der Waals surface area contributed by atoms with Crippen molar-refractivity contribution in [1.82, 2.24) is 9.88 Å². The van der Waals surface area contributed by atoms with Crippen LogP contribution >= 0.6 is 0 Å². The molecule has 0 fully saturated rings. The van der Waals surface area contributed by atoms with Crippen molar-refractivity contribution < 1.29 is 14.6 Å². The number of aromatic nitrogens is 1. The Morgan fingerprint density at radius 1 is 1.23 bits per heavy atom. The molecule has 1 aliphatic rings. The van der Waals surface area contributed by atoms with Gasteiger partial charge in [-0.2, -0.15) is 0 Å². The first-order valence-corrected chi connectivity index (χ1v) is 13.1. The zero-order valence-corrected chi connectivity index (χ0v) is 23.5. The van der Waals surface area contributed by atoms with Gasteiger partial charge in [0.05, 0.1) is 22.5 Å². The number of carbonyl (C=O) groups is 1. The zero-order valence-electron chi connectivity index (χ0n) is 23.5. The number of nitrogens with one attached hydrogen (secondary N) is 1. The van der Waals surface area contributed by atoms with Crippen LogP contribution in [0.15, 0.2) is 47.3 Å². The van der Waals surface area contributed by atoms with E-state index >= 15 is 0 Å². The van der Waals surface area contributed by atoms with Gasteiger partial charge in [-0.05, 0) is 74.6 Å². The number of aromatic amines is 1. The fraction of sp³-hybridized carbons (Fsp3) is 0.400. The Bertz CT molecular complexity index is 1450. The van der Waals surface area contributed by atoms with Gasteiger partial charge >= 0.3 is 5.97 Å². The molecule has 0 bridgehead atoms. The molecule has 2 unspecified atom stereocenters. The Morgan fingerprint density at radius 2 is 1.95 bits per heavy atom. The van der Waals surface area contributed by atoms with E-state index in [0.29, 0.717) is 36.8 Å². The lowest BCUT2D eigenvalue weighted by Gasteiger charge is -2.34. The van der Waals surface area contributed by atoms with E-state index in [1.54, 1.807) is 27.0 Å². The molecule has 39 heavy (non-hydrogen) atoms. The first-order valence-electron chi connectivity index (χ1n) is 13.1. The highest BCUT2D eigenvalue weighted by Crippen LogP contribution is 2.45. The second kappa shape index (κ2) is 10.7. The highest BCUT2D eigenvalue weighted by atomic mass is 16.5. The number of anilines is 2. The number of hydrogen-bond donors (Lipinski definition) is 4. The Kier molecular flexibility index (Phi) is 7.77. The monoisotopic (exact) mass is 533 g/mol. The van der Waals surface area contributed by atoms with E-state index in [9.17, 15) is 14.7 Å². The highest BCUT2D eigenvalue weighted by molar-refractivity contribution is 5.78. The maximum atomic E-state index is 12.6. The van der Waals surface area contributed by atoms with Crippen LogP contribution in [0.5, 0.6) is 5.75 Å². The van der Waals surface area contributed by atoms with Crippen LogP contribution in [0.2, 0.25) is 0 Å². The van der Waals surface area contributed by atoms with Crippen molar-refractivity contribution in [2.24, 2.45) is 11.3 Å². The second-order valence-electron chi connectivity index (χ2n) is 11.2. The number of nitrogens with zero attached hydrogens (tertiary/aromatic N) is 2. The van der Waals surface area contributed by atoms with E-state index in [0.717, 1.165) is 33.5 Å². The highest BCUT2D eigenvalue weighted by Gasteiger charge is 2.40. The third-order valence-corrected chi connectivity index (χ3v) is 7.78. The number of aryl methyl sites for hydroxylation is 1. The molecule has 0 saturated heterocycles. The Labute approximate surface area is 229 Å². The van der Waals surface area contributed by atoms with Crippen LogP contribution in [0.25, 0.3) is 0 Å². The number of aliphatic carboxylic acids is 1. The number of hydrazine groups is 1. The lowest BCUT2D eigenvalue weighted by Crippen LogP contribution is -2.33. The third kappa shape index (κ3) is 5.65. The van der Waals surface area contributed by atoms with Gasteiger partial charge in [0.25, 0.3) is 0 Å². The molecule has 6 N–H and O–H groups in total. The van der Waals surface area contributed by atoms with E-state index in [4.69, 9.17) is 16.3 Å². The van der Waals surface area contributed by atoms with Gasteiger partial charge in [0.15, 0.2) is 0 Å². The van der Waals surface area contributed by atoms with Crippen molar-refractivity contribution in [2.75, 3.05) is 24.3 Å². The number of ether oxygens (including phenoxy) is 1. The Morgan fingerprint density at radius 3 is 2.62 bits per heavy atom. The molecular weight excluding hydrogens is 494 g/mol. The third-order valence-electron chi connectivity index (χ3n) is 7.78. The molecule has 0 radical (unpaired) electrons. The standard InChI is InChI=1S/C30H39N5O4/c1-17-7-8-20(13-21(17)15-35-14-18(2)39-25-11-12-26(36)33-23(25)16-35)27(30(4,5)29(37)38)22-9-10-24(34(6)32)28(31)19(22)3/h7-13,18,27H,14-16,31-32H2,1-6H3,(H,33,36)(H,37,38). The van der Waals surface area contributed by atoms with Crippen molar-refractivity contribution in [2.45, 2.75) is 59.7 Å². The van der Waals surface area contributed by atoms with E-state index in [-0.39, 0.29) is 11.7 Å². The number of carboxylic acids is 1. The first-order chi connectivity index (χ1) is 18.3. The minimum absolute atomic E-state index is 0.0656. The van der Waals surface area contributed by atoms with Crippen LogP contribution in [0.4, 0.5) is 11.4 Å². The average molecular weight is 534 g/mol. The Balaban J connectivity index is 1.77. The predicted octanol–water partition coefficient (Wildman–Crippen LogP) is 3.91.